The molecule has 0 aliphatic carbocycles. The molecule has 82 valence electrons. The van der Waals surface area contributed by atoms with Crippen molar-refractivity contribution in [2.75, 3.05) is 0 Å². The first-order valence-corrected chi connectivity index (χ1v) is 4.90. The van der Waals surface area contributed by atoms with E-state index in [1.54, 1.807) is 27.7 Å². The summed E-state index contributed by atoms with van der Waals surface area (Å²) in [5, 5.41) is 19.5. The molecule has 0 aliphatic rings. The Hall–Kier alpha value is -0.560. The van der Waals surface area contributed by atoms with Gasteiger partial charge >= 0.3 is 0 Å². The average Bonchev–Trinajstić information content (AvgIpc) is 1.78. The fraction of sp³-hybridized carbons (Fsp3) is 0.750. The monoisotopic (exact) mass is 198 g/mol. The second kappa shape index (κ2) is 4.31. The van der Waals surface area contributed by atoms with Gasteiger partial charge in [-0.3, -0.25) is 0 Å². The Morgan fingerprint density at radius 1 is 1.07 bits per heavy atom. The number of hydrogen-bond acceptors (Lipinski definition) is 2. The van der Waals surface area contributed by atoms with Gasteiger partial charge in [0.05, 0.1) is 11.2 Å². The third-order valence-electron chi connectivity index (χ3n) is 1.75. The molecule has 2 heteroatoms. The van der Waals surface area contributed by atoms with E-state index in [-0.39, 0.29) is 0 Å². The zero-order chi connectivity index (χ0) is 11.6. The van der Waals surface area contributed by atoms with Gasteiger partial charge in [0.25, 0.3) is 0 Å². The highest BCUT2D eigenvalue weighted by molar-refractivity contribution is 5.17. The van der Waals surface area contributed by atoms with Crippen LogP contribution in [0.15, 0.2) is 16.9 Å². The molecule has 0 heterocycles. The maximum atomic E-state index is 9.87. The summed E-state index contributed by atoms with van der Waals surface area (Å²) in [5.74, 6) is 0. The Bertz CT molecular complexity index is 251. The van der Waals surface area contributed by atoms with Crippen LogP contribution in [0.1, 0.15) is 48.0 Å². The zero-order valence-electron chi connectivity index (χ0n) is 10.1. The van der Waals surface area contributed by atoms with E-state index in [9.17, 15) is 10.2 Å². The van der Waals surface area contributed by atoms with Gasteiger partial charge in [0.15, 0.2) is 0 Å². The molecule has 0 unspecified atom stereocenters. The van der Waals surface area contributed by atoms with Crippen molar-refractivity contribution in [2.24, 2.45) is 0 Å². The third-order valence-corrected chi connectivity index (χ3v) is 1.75. The van der Waals surface area contributed by atoms with E-state index in [1.165, 1.54) is 0 Å². The first-order valence-electron chi connectivity index (χ1n) is 4.90. The molecular weight excluding hydrogens is 176 g/mol. The third kappa shape index (κ3) is 5.98. The van der Waals surface area contributed by atoms with E-state index < -0.39 is 11.2 Å². The fourth-order valence-corrected chi connectivity index (χ4v) is 1.15. The molecule has 0 saturated heterocycles. The van der Waals surface area contributed by atoms with Crippen molar-refractivity contribution < 1.29 is 10.2 Å². The lowest BCUT2D eigenvalue weighted by Gasteiger charge is -2.26. The van der Waals surface area contributed by atoms with Crippen molar-refractivity contribution in [3.8, 4) is 0 Å². The lowest BCUT2D eigenvalue weighted by atomic mass is 9.88. The van der Waals surface area contributed by atoms with Crippen LogP contribution in [0.5, 0.6) is 0 Å². The Kier molecular flexibility index (Phi) is 4.14. The largest absolute Gasteiger partial charge is 0.390 e. The molecule has 2 N–H and O–H groups in total. The smallest absolute Gasteiger partial charge is 0.0875 e. The van der Waals surface area contributed by atoms with Crippen LogP contribution in [0.2, 0.25) is 0 Å². The van der Waals surface area contributed by atoms with Gasteiger partial charge in [0.2, 0.25) is 0 Å². The molecule has 0 fully saturated rings. The molecule has 0 aromatic rings. The van der Waals surface area contributed by atoms with E-state index in [0.29, 0.717) is 6.42 Å². The number of rotatable bonds is 3. The van der Waals surface area contributed by atoms with Crippen molar-refractivity contribution in [3.63, 3.8) is 0 Å². The van der Waals surface area contributed by atoms with Crippen LogP contribution in [0, 0.1) is 0 Å². The predicted molar refractivity (Wildman–Crippen MR) is 59.1 cm³/mol. The van der Waals surface area contributed by atoms with Crippen LogP contribution in [-0.4, -0.2) is 21.4 Å². The topological polar surface area (TPSA) is 40.5 Å². The molecular formula is C12H22O2. The standard InChI is InChI=1S/C12H22O2/c1-9(2)7-10(12(5,6)14)8-11(3,4)13/h13-14H,8H2,1-6H3. The van der Waals surface area contributed by atoms with Crippen molar-refractivity contribution in [3.05, 3.63) is 16.9 Å². The van der Waals surface area contributed by atoms with E-state index in [0.717, 1.165) is 11.1 Å². The van der Waals surface area contributed by atoms with Crippen LogP contribution in [0.4, 0.5) is 0 Å². The molecule has 0 aromatic carbocycles. The summed E-state index contributed by atoms with van der Waals surface area (Å²) in [4.78, 5) is 0. The summed E-state index contributed by atoms with van der Waals surface area (Å²) in [5.41, 5.74) is 3.12. The summed E-state index contributed by atoms with van der Waals surface area (Å²) in [6, 6.07) is 0. The zero-order valence-corrected chi connectivity index (χ0v) is 10.1. The van der Waals surface area contributed by atoms with Gasteiger partial charge in [-0.15, -0.1) is 5.73 Å². The van der Waals surface area contributed by atoms with Gasteiger partial charge in [-0.1, -0.05) is 0 Å². The molecule has 0 spiro atoms. The number of hydrogen-bond donors (Lipinski definition) is 2. The summed E-state index contributed by atoms with van der Waals surface area (Å²) in [6.07, 6.45) is 0.432. The van der Waals surface area contributed by atoms with Crippen LogP contribution >= 0.6 is 0 Å². The van der Waals surface area contributed by atoms with Crippen molar-refractivity contribution in [1.82, 2.24) is 0 Å². The highest BCUT2D eigenvalue weighted by Gasteiger charge is 2.25. The van der Waals surface area contributed by atoms with E-state index in [2.05, 4.69) is 5.73 Å². The summed E-state index contributed by atoms with van der Waals surface area (Å²) >= 11 is 0. The Morgan fingerprint density at radius 2 is 1.50 bits per heavy atom. The fourth-order valence-electron chi connectivity index (χ4n) is 1.15. The minimum absolute atomic E-state index is 0.432. The van der Waals surface area contributed by atoms with Crippen LogP contribution in [0.25, 0.3) is 0 Å². The second-order valence-electron chi connectivity index (χ2n) is 5.15. The second-order valence-corrected chi connectivity index (χ2v) is 5.15. The van der Waals surface area contributed by atoms with Gasteiger partial charge in [-0.05, 0) is 47.1 Å². The van der Waals surface area contributed by atoms with E-state index in [4.69, 9.17) is 0 Å². The van der Waals surface area contributed by atoms with Gasteiger partial charge in [0.1, 0.15) is 0 Å². The summed E-state index contributed by atoms with van der Waals surface area (Å²) < 4.78 is 0. The van der Waals surface area contributed by atoms with Gasteiger partial charge < -0.3 is 10.2 Å². The molecule has 0 atom stereocenters. The molecule has 0 bridgehead atoms. The minimum Gasteiger partial charge on any atom is -0.390 e. The quantitative estimate of drug-likeness (QED) is 0.684. The molecule has 0 saturated carbocycles. The molecule has 0 aliphatic heterocycles. The normalized spacial score (nSPS) is 12.3. The Balaban J connectivity index is 5.08. The van der Waals surface area contributed by atoms with Crippen molar-refractivity contribution >= 4 is 0 Å². The summed E-state index contributed by atoms with van der Waals surface area (Å²) in [7, 11) is 0. The van der Waals surface area contributed by atoms with E-state index in [1.807, 2.05) is 13.8 Å². The van der Waals surface area contributed by atoms with Crippen LogP contribution < -0.4 is 0 Å². The Labute approximate surface area is 87.0 Å². The van der Waals surface area contributed by atoms with Crippen LogP contribution in [-0.2, 0) is 0 Å². The van der Waals surface area contributed by atoms with Gasteiger partial charge in [0, 0.05) is 12.0 Å². The SMILES string of the molecule is CC(C)=C=C(CC(C)(C)O)C(C)(C)O. The lowest BCUT2D eigenvalue weighted by Crippen LogP contribution is -2.29. The minimum atomic E-state index is -0.919. The summed E-state index contributed by atoms with van der Waals surface area (Å²) in [6.45, 7) is 10.7. The maximum Gasteiger partial charge on any atom is 0.0875 e. The number of aliphatic hydroxyl groups is 2. The maximum absolute atomic E-state index is 9.87. The van der Waals surface area contributed by atoms with Crippen molar-refractivity contribution in [1.29, 1.82) is 0 Å². The van der Waals surface area contributed by atoms with Crippen molar-refractivity contribution in [2.45, 2.75) is 59.2 Å². The molecule has 0 radical (unpaired) electrons. The van der Waals surface area contributed by atoms with Gasteiger partial charge in [-0.25, -0.2) is 0 Å². The van der Waals surface area contributed by atoms with Gasteiger partial charge in [-0.2, -0.15) is 0 Å². The molecule has 0 amide bonds. The predicted octanol–water partition coefficient (Wildman–Crippen LogP) is 2.41. The first-order chi connectivity index (χ1) is 6.02. The molecule has 14 heavy (non-hydrogen) atoms. The van der Waals surface area contributed by atoms with Crippen LogP contribution in [0.3, 0.4) is 0 Å². The first kappa shape index (κ1) is 13.4. The Morgan fingerprint density at radius 3 is 1.71 bits per heavy atom. The molecule has 0 rings (SSSR count). The average molecular weight is 198 g/mol. The highest BCUT2D eigenvalue weighted by Crippen LogP contribution is 2.24. The molecule has 2 nitrogen and oxygen atoms in total. The van der Waals surface area contributed by atoms with E-state index >= 15 is 0 Å². The molecule has 0 aromatic heterocycles. The highest BCUT2D eigenvalue weighted by atomic mass is 16.3. The lowest BCUT2D eigenvalue weighted by molar-refractivity contribution is 0.0555.